The summed E-state index contributed by atoms with van der Waals surface area (Å²) >= 11 is 0. The van der Waals surface area contributed by atoms with Gasteiger partial charge in [-0.3, -0.25) is 0 Å². The third-order valence-corrected chi connectivity index (χ3v) is 3.66. The summed E-state index contributed by atoms with van der Waals surface area (Å²) in [6.45, 7) is 3.96. The molecule has 2 aromatic rings. The van der Waals surface area contributed by atoms with Crippen molar-refractivity contribution in [2.24, 2.45) is 0 Å². The number of rotatable bonds is 5. The lowest BCUT2D eigenvalue weighted by Gasteiger charge is -2.17. The molecule has 0 aliphatic carbocycles. The second-order valence-corrected chi connectivity index (χ2v) is 5.11. The van der Waals surface area contributed by atoms with Crippen LogP contribution >= 0.6 is 0 Å². The second kappa shape index (κ2) is 6.11. The van der Waals surface area contributed by atoms with Gasteiger partial charge < -0.3 is 10.1 Å². The van der Waals surface area contributed by atoms with E-state index in [4.69, 9.17) is 4.74 Å². The summed E-state index contributed by atoms with van der Waals surface area (Å²) in [5, 5.41) is 14.8. The first-order chi connectivity index (χ1) is 9.83. The molecule has 0 saturated carbocycles. The van der Waals surface area contributed by atoms with Gasteiger partial charge in [-0.25, -0.2) is 4.68 Å². The van der Waals surface area contributed by atoms with E-state index in [1.165, 1.54) is 12.0 Å². The highest BCUT2D eigenvalue weighted by molar-refractivity contribution is 5.35. The zero-order valence-corrected chi connectivity index (χ0v) is 11.6. The van der Waals surface area contributed by atoms with Crippen molar-refractivity contribution in [1.29, 1.82) is 0 Å². The fourth-order valence-electron chi connectivity index (χ4n) is 2.45. The summed E-state index contributed by atoms with van der Waals surface area (Å²) in [5.41, 5.74) is 2.19. The number of hydrogen-bond donors (Lipinski definition) is 1. The molecule has 2 unspecified atom stereocenters. The van der Waals surface area contributed by atoms with Crippen LogP contribution in [0, 0.1) is 0 Å². The lowest BCUT2D eigenvalue weighted by Crippen LogP contribution is -2.28. The largest absolute Gasteiger partial charge is 0.377 e. The summed E-state index contributed by atoms with van der Waals surface area (Å²) in [5.74, 6) is 0. The lowest BCUT2D eigenvalue weighted by atomic mass is 10.1. The number of aromatic nitrogens is 4. The molecule has 6 heteroatoms. The van der Waals surface area contributed by atoms with Gasteiger partial charge in [-0.15, -0.1) is 5.10 Å². The second-order valence-electron chi connectivity index (χ2n) is 5.11. The quantitative estimate of drug-likeness (QED) is 0.894. The molecule has 1 aromatic heterocycles. The van der Waals surface area contributed by atoms with Crippen LogP contribution < -0.4 is 5.32 Å². The van der Waals surface area contributed by atoms with Crippen molar-refractivity contribution in [3.05, 3.63) is 36.2 Å². The number of ether oxygens (including phenoxy) is 1. The molecule has 1 aliphatic rings. The van der Waals surface area contributed by atoms with E-state index in [2.05, 4.69) is 39.9 Å². The highest BCUT2D eigenvalue weighted by Gasteiger charge is 2.16. The average molecular weight is 273 g/mol. The maximum absolute atomic E-state index is 5.63. The van der Waals surface area contributed by atoms with E-state index in [0.29, 0.717) is 6.10 Å². The average Bonchev–Trinajstić information content (AvgIpc) is 3.18. The molecule has 1 aromatic carbocycles. The molecule has 0 radical (unpaired) electrons. The molecule has 3 rings (SSSR count). The molecule has 0 bridgehead atoms. The van der Waals surface area contributed by atoms with Gasteiger partial charge in [0.05, 0.1) is 11.8 Å². The van der Waals surface area contributed by atoms with Crippen molar-refractivity contribution in [1.82, 2.24) is 25.5 Å². The van der Waals surface area contributed by atoms with Gasteiger partial charge in [0, 0.05) is 19.2 Å². The highest BCUT2D eigenvalue weighted by atomic mass is 16.5. The van der Waals surface area contributed by atoms with Gasteiger partial charge in [-0.05, 0) is 47.9 Å². The predicted octanol–water partition coefficient (Wildman–Crippen LogP) is 1.49. The molecule has 1 saturated heterocycles. The zero-order valence-electron chi connectivity index (χ0n) is 11.6. The van der Waals surface area contributed by atoms with E-state index in [1.807, 2.05) is 12.1 Å². The molecular formula is C14H19N5O. The van der Waals surface area contributed by atoms with Crippen molar-refractivity contribution >= 4 is 0 Å². The lowest BCUT2D eigenvalue weighted by molar-refractivity contribution is 0.108. The Hall–Kier alpha value is -1.79. The topological polar surface area (TPSA) is 64.9 Å². The van der Waals surface area contributed by atoms with Crippen molar-refractivity contribution < 1.29 is 4.74 Å². The Balaban J connectivity index is 1.65. The number of hydrogen-bond acceptors (Lipinski definition) is 5. The first-order valence-corrected chi connectivity index (χ1v) is 7.01. The predicted molar refractivity (Wildman–Crippen MR) is 74.5 cm³/mol. The van der Waals surface area contributed by atoms with Crippen molar-refractivity contribution in [2.75, 3.05) is 13.2 Å². The molecule has 106 valence electrons. The SMILES string of the molecule is CC(NCC1CCCO1)c1cccc(-n2cnnn2)c1. The fourth-order valence-corrected chi connectivity index (χ4v) is 2.45. The third-order valence-electron chi connectivity index (χ3n) is 3.66. The zero-order chi connectivity index (χ0) is 13.8. The molecule has 1 aliphatic heterocycles. The summed E-state index contributed by atoms with van der Waals surface area (Å²) < 4.78 is 7.29. The summed E-state index contributed by atoms with van der Waals surface area (Å²) in [6, 6.07) is 8.50. The number of tetrazole rings is 1. The van der Waals surface area contributed by atoms with Gasteiger partial charge in [0.1, 0.15) is 6.33 Å². The third kappa shape index (κ3) is 3.02. The Morgan fingerprint density at radius 3 is 3.20 bits per heavy atom. The first kappa shape index (κ1) is 13.2. The van der Waals surface area contributed by atoms with Crippen LogP contribution in [0.25, 0.3) is 5.69 Å². The molecule has 6 nitrogen and oxygen atoms in total. The van der Waals surface area contributed by atoms with Crippen LogP contribution in [-0.4, -0.2) is 39.5 Å². The molecule has 2 heterocycles. The van der Waals surface area contributed by atoms with Gasteiger partial charge in [-0.1, -0.05) is 12.1 Å². The minimum Gasteiger partial charge on any atom is -0.377 e. The van der Waals surface area contributed by atoms with Crippen molar-refractivity contribution in [3.63, 3.8) is 0 Å². The first-order valence-electron chi connectivity index (χ1n) is 7.01. The number of benzene rings is 1. The van der Waals surface area contributed by atoms with E-state index in [-0.39, 0.29) is 6.04 Å². The van der Waals surface area contributed by atoms with Crippen LogP contribution in [0.4, 0.5) is 0 Å². The van der Waals surface area contributed by atoms with E-state index >= 15 is 0 Å². The minimum atomic E-state index is 0.274. The smallest absolute Gasteiger partial charge is 0.143 e. The van der Waals surface area contributed by atoms with Gasteiger partial charge in [0.15, 0.2) is 0 Å². The van der Waals surface area contributed by atoms with Crippen LogP contribution in [0.1, 0.15) is 31.4 Å². The Morgan fingerprint density at radius 2 is 2.45 bits per heavy atom. The van der Waals surface area contributed by atoms with Gasteiger partial charge in [0.2, 0.25) is 0 Å². The standard InChI is InChI=1S/C14H19N5O/c1-11(15-9-14-6-3-7-20-14)12-4-2-5-13(8-12)19-10-16-17-18-19/h2,4-5,8,10-11,14-15H,3,6-7,9H2,1H3. The summed E-state index contributed by atoms with van der Waals surface area (Å²) in [7, 11) is 0. The van der Waals surface area contributed by atoms with Crippen molar-refractivity contribution in [3.8, 4) is 5.69 Å². The summed E-state index contributed by atoms with van der Waals surface area (Å²) in [6.07, 6.45) is 4.30. The van der Waals surface area contributed by atoms with Crippen LogP contribution in [0.15, 0.2) is 30.6 Å². The normalized spacial score (nSPS) is 20.1. The summed E-state index contributed by atoms with van der Waals surface area (Å²) in [4.78, 5) is 0. The Kier molecular flexibility index (Phi) is 4.03. The van der Waals surface area contributed by atoms with Crippen LogP contribution in [0.5, 0.6) is 0 Å². The van der Waals surface area contributed by atoms with E-state index in [0.717, 1.165) is 25.3 Å². The monoisotopic (exact) mass is 273 g/mol. The van der Waals surface area contributed by atoms with Crippen LogP contribution in [0.3, 0.4) is 0 Å². The Bertz CT molecular complexity index is 536. The number of nitrogens with one attached hydrogen (secondary N) is 1. The fraction of sp³-hybridized carbons (Fsp3) is 0.500. The van der Waals surface area contributed by atoms with Crippen molar-refractivity contribution in [2.45, 2.75) is 31.9 Å². The molecule has 0 amide bonds. The molecule has 2 atom stereocenters. The highest BCUT2D eigenvalue weighted by Crippen LogP contribution is 2.17. The molecule has 20 heavy (non-hydrogen) atoms. The maximum atomic E-state index is 5.63. The van der Waals surface area contributed by atoms with Gasteiger partial charge >= 0.3 is 0 Å². The van der Waals surface area contributed by atoms with Gasteiger partial charge in [-0.2, -0.15) is 0 Å². The number of nitrogens with zero attached hydrogens (tertiary/aromatic N) is 4. The van der Waals surface area contributed by atoms with Gasteiger partial charge in [0.25, 0.3) is 0 Å². The Morgan fingerprint density at radius 1 is 1.50 bits per heavy atom. The maximum Gasteiger partial charge on any atom is 0.143 e. The molecule has 1 fully saturated rings. The van der Waals surface area contributed by atoms with Crippen LogP contribution in [-0.2, 0) is 4.74 Å². The molecular weight excluding hydrogens is 254 g/mol. The molecule has 1 N–H and O–H groups in total. The molecule has 0 spiro atoms. The Labute approximate surface area is 118 Å². The van der Waals surface area contributed by atoms with E-state index < -0.39 is 0 Å². The minimum absolute atomic E-state index is 0.274. The van der Waals surface area contributed by atoms with Crippen LogP contribution in [0.2, 0.25) is 0 Å². The van der Waals surface area contributed by atoms with E-state index in [1.54, 1.807) is 11.0 Å². The van der Waals surface area contributed by atoms with E-state index in [9.17, 15) is 0 Å².